The van der Waals surface area contributed by atoms with Crippen LogP contribution in [0.25, 0.3) is 0 Å². The summed E-state index contributed by atoms with van der Waals surface area (Å²) in [4.78, 5) is 20.5. The van der Waals surface area contributed by atoms with Crippen molar-refractivity contribution >= 4 is 17.5 Å². The van der Waals surface area contributed by atoms with Crippen LogP contribution in [0.3, 0.4) is 0 Å². The molecule has 0 spiro atoms. The molecule has 0 saturated heterocycles. The number of pyridine rings is 1. The predicted octanol–water partition coefficient (Wildman–Crippen LogP) is 1.62. The Labute approximate surface area is 126 Å². The maximum absolute atomic E-state index is 11.9. The minimum atomic E-state index is -0.400. The van der Waals surface area contributed by atoms with Gasteiger partial charge in [0.2, 0.25) is 0 Å². The Morgan fingerprint density at radius 3 is 2.57 bits per heavy atom. The maximum atomic E-state index is 11.9. The lowest BCUT2D eigenvalue weighted by molar-refractivity contribution is 0.0527. The number of esters is 1. The summed E-state index contributed by atoms with van der Waals surface area (Å²) < 4.78 is 5.03. The van der Waals surface area contributed by atoms with Crippen molar-refractivity contribution in [1.29, 1.82) is 0 Å². The van der Waals surface area contributed by atoms with E-state index in [1.54, 1.807) is 19.2 Å². The van der Waals surface area contributed by atoms with E-state index in [1.165, 1.54) is 0 Å². The minimum Gasteiger partial charge on any atom is -0.462 e. The molecule has 1 rings (SSSR count). The highest BCUT2D eigenvalue weighted by atomic mass is 16.5. The van der Waals surface area contributed by atoms with Crippen LogP contribution in [0.2, 0.25) is 0 Å². The number of nitrogens with two attached hydrogens (primary N) is 1. The Kier molecular flexibility index (Phi) is 6.94. The van der Waals surface area contributed by atoms with Crippen LogP contribution in [-0.4, -0.2) is 56.2 Å². The first-order valence-corrected chi connectivity index (χ1v) is 7.32. The number of aromatic nitrogens is 1. The van der Waals surface area contributed by atoms with Crippen LogP contribution in [-0.2, 0) is 4.74 Å². The van der Waals surface area contributed by atoms with E-state index in [9.17, 15) is 4.79 Å². The molecule has 0 aliphatic heterocycles. The molecule has 1 aromatic rings. The van der Waals surface area contributed by atoms with E-state index in [0.29, 0.717) is 23.7 Å². The van der Waals surface area contributed by atoms with Crippen molar-refractivity contribution in [2.75, 3.05) is 51.0 Å². The molecule has 6 heteroatoms. The first-order valence-electron chi connectivity index (χ1n) is 7.32. The zero-order chi connectivity index (χ0) is 15.8. The zero-order valence-corrected chi connectivity index (χ0v) is 13.4. The van der Waals surface area contributed by atoms with Crippen LogP contribution in [0.5, 0.6) is 0 Å². The number of carbonyl (C=O) groups excluding carboxylic acids is 1. The van der Waals surface area contributed by atoms with Gasteiger partial charge >= 0.3 is 5.97 Å². The van der Waals surface area contributed by atoms with E-state index in [0.717, 1.165) is 26.1 Å². The molecule has 0 bridgehead atoms. The topological polar surface area (TPSA) is 71.7 Å². The van der Waals surface area contributed by atoms with E-state index in [-0.39, 0.29) is 0 Å². The summed E-state index contributed by atoms with van der Waals surface area (Å²) in [5.74, 6) is 0.256. The van der Waals surface area contributed by atoms with Gasteiger partial charge in [-0.25, -0.2) is 9.78 Å². The number of nitrogen functional groups attached to an aromatic ring is 1. The summed E-state index contributed by atoms with van der Waals surface area (Å²) in [5.41, 5.74) is 6.91. The largest absolute Gasteiger partial charge is 0.462 e. The van der Waals surface area contributed by atoms with Gasteiger partial charge in [-0.1, -0.05) is 6.92 Å². The highest BCUT2D eigenvalue weighted by Crippen LogP contribution is 2.24. The number of ether oxygens (including phenoxy) is 1. The van der Waals surface area contributed by atoms with Gasteiger partial charge in [-0.3, -0.25) is 0 Å². The maximum Gasteiger partial charge on any atom is 0.340 e. The van der Waals surface area contributed by atoms with Crippen molar-refractivity contribution in [1.82, 2.24) is 9.88 Å². The van der Waals surface area contributed by atoms with Crippen molar-refractivity contribution in [2.45, 2.75) is 20.3 Å². The number of nitrogens with zero attached hydrogens (tertiary/aromatic N) is 3. The van der Waals surface area contributed by atoms with Crippen LogP contribution < -0.4 is 10.6 Å². The third-order valence-corrected chi connectivity index (χ3v) is 3.07. The molecular weight excluding hydrogens is 268 g/mol. The minimum absolute atomic E-state index is 0.329. The Hall–Kier alpha value is -1.82. The van der Waals surface area contributed by atoms with Crippen molar-refractivity contribution < 1.29 is 9.53 Å². The zero-order valence-electron chi connectivity index (χ0n) is 13.4. The van der Waals surface area contributed by atoms with E-state index < -0.39 is 5.97 Å². The molecule has 1 aromatic heterocycles. The number of rotatable bonds is 8. The first kappa shape index (κ1) is 17.2. The average molecular weight is 294 g/mol. The average Bonchev–Trinajstić information content (AvgIpc) is 2.44. The number of anilines is 2. The molecule has 118 valence electrons. The molecule has 1 heterocycles. The fraction of sp³-hybridized carbons (Fsp3) is 0.600. The smallest absolute Gasteiger partial charge is 0.340 e. The molecule has 0 aromatic carbocycles. The Bertz CT molecular complexity index is 463. The van der Waals surface area contributed by atoms with E-state index >= 15 is 0 Å². The standard InChI is InChI=1S/C15H26N4O2/c1-5-9-19(11-10-18(3)4)14-13(16)12(7-8-17-14)15(20)21-6-2/h7-8H,5-6,9-11,16H2,1-4H3. The highest BCUT2D eigenvalue weighted by Gasteiger charge is 2.18. The number of hydrogen-bond donors (Lipinski definition) is 1. The third-order valence-electron chi connectivity index (χ3n) is 3.07. The Balaban J connectivity index is 3.02. The van der Waals surface area contributed by atoms with Gasteiger partial charge in [-0.15, -0.1) is 0 Å². The molecule has 0 aliphatic rings. The van der Waals surface area contributed by atoms with Crippen molar-refractivity contribution in [3.63, 3.8) is 0 Å². The summed E-state index contributed by atoms with van der Waals surface area (Å²) in [5, 5.41) is 0. The van der Waals surface area contributed by atoms with Gasteiger partial charge in [-0.05, 0) is 33.5 Å². The number of hydrogen-bond acceptors (Lipinski definition) is 6. The van der Waals surface area contributed by atoms with Gasteiger partial charge in [0.15, 0.2) is 5.82 Å². The van der Waals surface area contributed by atoms with Crippen molar-refractivity contribution in [3.05, 3.63) is 17.8 Å². The van der Waals surface area contributed by atoms with E-state index in [1.807, 2.05) is 14.1 Å². The van der Waals surface area contributed by atoms with Gasteiger partial charge in [-0.2, -0.15) is 0 Å². The van der Waals surface area contributed by atoms with Gasteiger partial charge in [0.25, 0.3) is 0 Å². The van der Waals surface area contributed by atoms with Crippen molar-refractivity contribution in [2.24, 2.45) is 0 Å². The van der Waals surface area contributed by atoms with Gasteiger partial charge < -0.3 is 20.3 Å². The molecule has 0 unspecified atom stereocenters. The molecule has 2 N–H and O–H groups in total. The monoisotopic (exact) mass is 294 g/mol. The second-order valence-corrected chi connectivity index (χ2v) is 5.11. The lowest BCUT2D eigenvalue weighted by Gasteiger charge is -2.26. The molecular formula is C15H26N4O2. The summed E-state index contributed by atoms with van der Waals surface area (Å²) >= 11 is 0. The van der Waals surface area contributed by atoms with Gasteiger partial charge in [0, 0.05) is 25.8 Å². The van der Waals surface area contributed by atoms with Gasteiger partial charge in [0.05, 0.1) is 17.9 Å². The van der Waals surface area contributed by atoms with Gasteiger partial charge in [0.1, 0.15) is 0 Å². The lowest BCUT2D eigenvalue weighted by Crippen LogP contribution is -2.33. The molecule has 21 heavy (non-hydrogen) atoms. The van der Waals surface area contributed by atoms with Crippen LogP contribution in [0.15, 0.2) is 12.3 Å². The normalized spacial score (nSPS) is 10.7. The molecule has 0 amide bonds. The Morgan fingerprint density at radius 2 is 2.00 bits per heavy atom. The second kappa shape index (κ2) is 8.46. The molecule has 0 saturated carbocycles. The molecule has 0 atom stereocenters. The van der Waals surface area contributed by atoms with Crippen molar-refractivity contribution in [3.8, 4) is 0 Å². The molecule has 6 nitrogen and oxygen atoms in total. The summed E-state index contributed by atoms with van der Waals surface area (Å²) in [6, 6.07) is 1.60. The second-order valence-electron chi connectivity index (χ2n) is 5.11. The fourth-order valence-corrected chi connectivity index (χ4v) is 2.02. The Morgan fingerprint density at radius 1 is 1.29 bits per heavy atom. The van der Waals surface area contributed by atoms with Crippen LogP contribution in [0.4, 0.5) is 11.5 Å². The number of likely N-dealkylation sites (N-methyl/N-ethyl adjacent to an activating group) is 1. The highest BCUT2D eigenvalue weighted by molar-refractivity contribution is 5.97. The predicted molar refractivity (Wildman–Crippen MR) is 85.7 cm³/mol. The van der Waals surface area contributed by atoms with Crippen LogP contribution in [0, 0.1) is 0 Å². The van der Waals surface area contributed by atoms with E-state index in [2.05, 4.69) is 21.7 Å². The fourth-order valence-electron chi connectivity index (χ4n) is 2.02. The van der Waals surface area contributed by atoms with Crippen LogP contribution >= 0.6 is 0 Å². The summed E-state index contributed by atoms with van der Waals surface area (Å²) in [6.07, 6.45) is 2.59. The summed E-state index contributed by atoms with van der Waals surface area (Å²) in [6.45, 7) is 6.76. The number of carbonyl (C=O) groups is 1. The SMILES string of the molecule is CCCN(CCN(C)C)c1nccc(C(=O)OCC)c1N. The molecule has 0 aliphatic carbocycles. The summed E-state index contributed by atoms with van der Waals surface area (Å²) in [7, 11) is 4.05. The quantitative estimate of drug-likeness (QED) is 0.735. The van der Waals surface area contributed by atoms with E-state index in [4.69, 9.17) is 10.5 Å². The molecule has 0 radical (unpaired) electrons. The third kappa shape index (κ3) is 4.90. The first-order chi connectivity index (χ1) is 10.0. The molecule has 0 fully saturated rings. The lowest BCUT2D eigenvalue weighted by atomic mass is 10.2. The van der Waals surface area contributed by atoms with Crippen LogP contribution in [0.1, 0.15) is 30.6 Å².